The highest BCUT2D eigenvalue weighted by Crippen LogP contribution is 2.47. The SMILES string of the molecule is Cc1cccc(C)c1NC(=O)[C@]1(c2cccs2)CC(=O)N1c1ccccc1. The normalized spacial score (nSPS) is 18.9. The largest absolute Gasteiger partial charge is 0.323 e. The molecule has 27 heavy (non-hydrogen) atoms. The summed E-state index contributed by atoms with van der Waals surface area (Å²) in [5.41, 5.74) is 2.54. The van der Waals surface area contributed by atoms with E-state index in [9.17, 15) is 9.59 Å². The van der Waals surface area contributed by atoms with Gasteiger partial charge in [-0.25, -0.2) is 0 Å². The summed E-state index contributed by atoms with van der Waals surface area (Å²) < 4.78 is 0. The summed E-state index contributed by atoms with van der Waals surface area (Å²) >= 11 is 1.50. The third-order valence-corrected chi connectivity index (χ3v) is 6.10. The molecule has 5 heteroatoms. The van der Waals surface area contributed by atoms with E-state index in [1.54, 1.807) is 4.90 Å². The van der Waals surface area contributed by atoms with Crippen LogP contribution in [0.25, 0.3) is 0 Å². The van der Waals surface area contributed by atoms with Crippen LogP contribution in [0.5, 0.6) is 0 Å². The molecule has 3 aromatic rings. The fraction of sp³-hybridized carbons (Fsp3) is 0.182. The van der Waals surface area contributed by atoms with Crippen LogP contribution in [0.4, 0.5) is 11.4 Å². The molecule has 136 valence electrons. The van der Waals surface area contributed by atoms with E-state index in [2.05, 4.69) is 5.32 Å². The van der Waals surface area contributed by atoms with Crippen molar-refractivity contribution in [3.8, 4) is 0 Å². The van der Waals surface area contributed by atoms with E-state index >= 15 is 0 Å². The summed E-state index contributed by atoms with van der Waals surface area (Å²) in [5.74, 6) is -0.225. The van der Waals surface area contributed by atoms with Crippen molar-refractivity contribution in [1.29, 1.82) is 0 Å². The van der Waals surface area contributed by atoms with Gasteiger partial charge in [0.05, 0.1) is 6.42 Å². The predicted octanol–water partition coefficient (Wildman–Crippen LogP) is 4.64. The van der Waals surface area contributed by atoms with Crippen molar-refractivity contribution in [2.75, 3.05) is 10.2 Å². The first-order chi connectivity index (χ1) is 13.0. The Hall–Kier alpha value is -2.92. The minimum absolute atomic E-state index is 0.0498. The molecule has 1 aliphatic rings. The number of anilines is 2. The molecule has 0 bridgehead atoms. The topological polar surface area (TPSA) is 49.4 Å². The minimum atomic E-state index is -1.01. The number of aryl methyl sites for hydroxylation is 2. The molecule has 4 rings (SSSR count). The molecule has 1 N–H and O–H groups in total. The number of benzene rings is 2. The highest BCUT2D eigenvalue weighted by atomic mass is 32.1. The molecule has 2 amide bonds. The summed E-state index contributed by atoms with van der Waals surface area (Å²) in [6.45, 7) is 3.95. The van der Waals surface area contributed by atoms with Gasteiger partial charge < -0.3 is 5.32 Å². The Labute approximate surface area is 162 Å². The molecule has 0 aliphatic carbocycles. The first kappa shape index (κ1) is 17.5. The molecular formula is C22H20N2O2S. The first-order valence-corrected chi connectivity index (χ1v) is 9.72. The lowest BCUT2D eigenvalue weighted by molar-refractivity contribution is -0.137. The molecule has 1 aliphatic heterocycles. The van der Waals surface area contributed by atoms with Gasteiger partial charge in [-0.2, -0.15) is 0 Å². The van der Waals surface area contributed by atoms with Gasteiger partial charge in [0.2, 0.25) is 5.91 Å². The number of nitrogens with zero attached hydrogens (tertiary/aromatic N) is 1. The monoisotopic (exact) mass is 376 g/mol. The number of carbonyl (C=O) groups is 2. The second-order valence-corrected chi connectivity index (χ2v) is 7.75. The van der Waals surface area contributed by atoms with Crippen molar-refractivity contribution in [2.24, 2.45) is 0 Å². The number of amides is 2. The Morgan fingerprint density at radius 3 is 2.30 bits per heavy atom. The van der Waals surface area contributed by atoms with Crippen molar-refractivity contribution in [2.45, 2.75) is 25.8 Å². The third-order valence-electron chi connectivity index (χ3n) is 5.08. The summed E-state index contributed by atoms with van der Waals surface area (Å²) in [5, 5.41) is 5.04. The number of nitrogens with one attached hydrogen (secondary N) is 1. The molecule has 1 saturated heterocycles. The van der Waals surface area contributed by atoms with Crippen molar-refractivity contribution < 1.29 is 9.59 Å². The molecule has 0 radical (unpaired) electrons. The average molecular weight is 376 g/mol. The van der Waals surface area contributed by atoms with Crippen molar-refractivity contribution in [3.05, 3.63) is 82.0 Å². The number of β-lactam (4-membered cyclic amide) rings is 1. The summed E-state index contributed by atoms with van der Waals surface area (Å²) in [7, 11) is 0. The van der Waals surface area contributed by atoms with Gasteiger partial charge in [-0.05, 0) is 48.6 Å². The van der Waals surface area contributed by atoms with E-state index in [1.165, 1.54) is 11.3 Å². The van der Waals surface area contributed by atoms with Gasteiger partial charge in [0, 0.05) is 16.3 Å². The molecule has 2 aromatic carbocycles. The maximum atomic E-state index is 13.6. The smallest absolute Gasteiger partial charge is 0.256 e. The highest BCUT2D eigenvalue weighted by Gasteiger charge is 2.59. The quantitative estimate of drug-likeness (QED) is 0.675. The standard InChI is InChI=1S/C22H20N2O2S/c1-15-8-6-9-16(2)20(15)23-21(26)22(18-12-7-13-27-18)14-19(25)24(22)17-10-4-3-5-11-17/h3-13H,14H2,1-2H3,(H,23,26)/t22-/m1/s1. The highest BCUT2D eigenvalue weighted by molar-refractivity contribution is 7.10. The lowest BCUT2D eigenvalue weighted by Gasteiger charge is -2.50. The summed E-state index contributed by atoms with van der Waals surface area (Å²) in [6, 6.07) is 19.2. The van der Waals surface area contributed by atoms with Crippen LogP contribution >= 0.6 is 11.3 Å². The van der Waals surface area contributed by atoms with E-state index in [0.717, 1.165) is 27.4 Å². The average Bonchev–Trinajstić information content (AvgIpc) is 3.18. The van der Waals surface area contributed by atoms with E-state index in [1.807, 2.05) is 79.9 Å². The number of hydrogen-bond acceptors (Lipinski definition) is 3. The van der Waals surface area contributed by atoms with Gasteiger partial charge in [0.15, 0.2) is 5.54 Å². The van der Waals surface area contributed by atoms with Crippen LogP contribution in [0.2, 0.25) is 0 Å². The van der Waals surface area contributed by atoms with Gasteiger partial charge in [-0.15, -0.1) is 11.3 Å². The van der Waals surface area contributed by atoms with Crippen LogP contribution in [0.15, 0.2) is 66.0 Å². The van der Waals surface area contributed by atoms with Gasteiger partial charge in [0.1, 0.15) is 0 Å². The Balaban J connectivity index is 1.79. The second kappa shape index (κ2) is 6.67. The van der Waals surface area contributed by atoms with Crippen LogP contribution in [0.1, 0.15) is 22.4 Å². The lowest BCUT2D eigenvalue weighted by atomic mass is 9.80. The zero-order valence-corrected chi connectivity index (χ0v) is 16.0. The number of hydrogen-bond donors (Lipinski definition) is 1. The molecule has 0 saturated carbocycles. The zero-order valence-electron chi connectivity index (χ0n) is 15.2. The molecule has 2 heterocycles. The third kappa shape index (κ3) is 2.75. The van der Waals surface area contributed by atoms with Gasteiger partial charge in [0.25, 0.3) is 5.91 Å². The predicted molar refractivity (Wildman–Crippen MR) is 109 cm³/mol. The van der Waals surface area contributed by atoms with E-state index in [-0.39, 0.29) is 18.2 Å². The molecule has 0 spiro atoms. The number of carbonyl (C=O) groups excluding carboxylic acids is 2. The van der Waals surface area contributed by atoms with Crippen LogP contribution in [0.3, 0.4) is 0 Å². The molecule has 1 atom stereocenters. The van der Waals surface area contributed by atoms with Crippen LogP contribution in [-0.2, 0) is 15.1 Å². The second-order valence-electron chi connectivity index (χ2n) is 6.80. The summed E-state index contributed by atoms with van der Waals surface area (Å²) in [6.07, 6.45) is 0.166. The minimum Gasteiger partial charge on any atom is -0.323 e. The van der Waals surface area contributed by atoms with E-state index < -0.39 is 5.54 Å². The van der Waals surface area contributed by atoms with Crippen molar-refractivity contribution in [3.63, 3.8) is 0 Å². The lowest BCUT2D eigenvalue weighted by Crippen LogP contribution is -2.67. The van der Waals surface area contributed by atoms with Crippen molar-refractivity contribution >= 4 is 34.5 Å². The zero-order chi connectivity index (χ0) is 19.0. The number of thiophene rings is 1. The van der Waals surface area contributed by atoms with E-state index in [0.29, 0.717) is 0 Å². The van der Waals surface area contributed by atoms with Gasteiger partial charge >= 0.3 is 0 Å². The maximum Gasteiger partial charge on any atom is 0.256 e. The van der Waals surface area contributed by atoms with Gasteiger partial charge in [-0.1, -0.05) is 42.5 Å². The Kier molecular flexibility index (Phi) is 4.32. The maximum absolute atomic E-state index is 13.6. The molecule has 0 unspecified atom stereocenters. The fourth-order valence-corrected chi connectivity index (χ4v) is 4.59. The Morgan fingerprint density at radius 2 is 1.70 bits per heavy atom. The Bertz CT molecular complexity index is 978. The van der Waals surface area contributed by atoms with Crippen molar-refractivity contribution in [1.82, 2.24) is 0 Å². The van der Waals surface area contributed by atoms with Crippen LogP contribution < -0.4 is 10.2 Å². The summed E-state index contributed by atoms with van der Waals surface area (Å²) in [4.78, 5) is 28.6. The molecule has 1 fully saturated rings. The molecule has 1 aromatic heterocycles. The fourth-order valence-electron chi connectivity index (χ4n) is 3.67. The van der Waals surface area contributed by atoms with E-state index in [4.69, 9.17) is 0 Å². The Morgan fingerprint density at radius 1 is 1.00 bits per heavy atom. The number of rotatable bonds is 4. The molecule has 4 nitrogen and oxygen atoms in total. The number of para-hydroxylation sites is 2. The van der Waals surface area contributed by atoms with Crippen LogP contribution in [0, 0.1) is 13.8 Å². The van der Waals surface area contributed by atoms with Gasteiger partial charge in [-0.3, -0.25) is 14.5 Å². The molecular weight excluding hydrogens is 356 g/mol. The van der Waals surface area contributed by atoms with Crippen LogP contribution in [-0.4, -0.2) is 11.8 Å². The first-order valence-electron chi connectivity index (χ1n) is 8.84.